The van der Waals surface area contributed by atoms with Crippen LogP contribution >= 0.6 is 11.3 Å². The van der Waals surface area contributed by atoms with Gasteiger partial charge >= 0.3 is 5.69 Å². The summed E-state index contributed by atoms with van der Waals surface area (Å²) in [5.41, 5.74) is -0.609. The van der Waals surface area contributed by atoms with E-state index in [2.05, 4.69) is 0 Å². The molecule has 0 aliphatic heterocycles. The first-order valence-corrected chi connectivity index (χ1v) is 5.58. The van der Waals surface area contributed by atoms with Gasteiger partial charge in [0.15, 0.2) is 11.3 Å². The molecule has 2 aromatic rings. The number of hydrogen-bond donors (Lipinski definition) is 0. The van der Waals surface area contributed by atoms with Gasteiger partial charge < -0.3 is 4.74 Å². The number of carbonyl (C=O) groups excluding carboxylic acids is 1. The Hall–Kier alpha value is -2.28. The first kappa shape index (κ1) is 12.2. The maximum absolute atomic E-state index is 13.3. The minimum Gasteiger partial charge on any atom is -0.447 e. The first-order valence-electron chi connectivity index (χ1n) is 4.77. The van der Waals surface area contributed by atoms with Crippen LogP contribution in [-0.4, -0.2) is 11.2 Å². The van der Waals surface area contributed by atoms with Crippen molar-refractivity contribution in [3.8, 4) is 10.8 Å². The fourth-order valence-electron chi connectivity index (χ4n) is 1.27. The molecule has 0 unspecified atom stereocenters. The molecule has 92 valence electrons. The zero-order valence-corrected chi connectivity index (χ0v) is 9.65. The number of nitro groups is 1. The zero-order valence-electron chi connectivity index (χ0n) is 8.83. The summed E-state index contributed by atoms with van der Waals surface area (Å²) < 4.78 is 18.6. The highest BCUT2D eigenvalue weighted by Crippen LogP contribution is 2.30. The molecule has 1 aromatic heterocycles. The third kappa shape index (κ3) is 2.51. The highest BCUT2D eigenvalue weighted by molar-refractivity contribution is 7.15. The number of rotatable bonds is 4. The quantitative estimate of drug-likeness (QED) is 0.483. The molecule has 1 heterocycles. The van der Waals surface area contributed by atoms with Crippen LogP contribution in [-0.2, 0) is 0 Å². The van der Waals surface area contributed by atoms with Gasteiger partial charge in [0.25, 0.3) is 0 Å². The molecule has 18 heavy (non-hydrogen) atoms. The SMILES string of the molecule is O=Cc1ccc(Oc2ccc([N+](=O)[O-])c(F)c2)s1. The van der Waals surface area contributed by atoms with Crippen molar-refractivity contribution < 1.29 is 18.8 Å². The molecule has 0 amide bonds. The van der Waals surface area contributed by atoms with Gasteiger partial charge in [0.2, 0.25) is 5.82 Å². The molecular weight excluding hydrogens is 261 g/mol. The number of nitrogens with zero attached hydrogens (tertiary/aromatic N) is 1. The summed E-state index contributed by atoms with van der Waals surface area (Å²) in [5, 5.41) is 10.8. The normalized spacial score (nSPS) is 10.1. The van der Waals surface area contributed by atoms with Crippen molar-refractivity contribution in [2.75, 3.05) is 0 Å². The number of nitro benzene ring substituents is 1. The molecule has 7 heteroatoms. The predicted molar refractivity (Wildman–Crippen MR) is 62.8 cm³/mol. The molecule has 1 aromatic carbocycles. The number of aldehydes is 1. The van der Waals surface area contributed by atoms with Crippen molar-refractivity contribution in [3.05, 3.63) is 51.1 Å². The fraction of sp³-hybridized carbons (Fsp3) is 0. The molecule has 2 rings (SSSR count). The Bertz CT molecular complexity index is 611. The second-order valence-electron chi connectivity index (χ2n) is 3.25. The molecule has 0 radical (unpaired) electrons. The molecular formula is C11H6FNO4S. The van der Waals surface area contributed by atoms with E-state index in [1.807, 2.05) is 0 Å². The number of carbonyl (C=O) groups is 1. The molecule has 0 N–H and O–H groups in total. The van der Waals surface area contributed by atoms with Crippen LogP contribution in [0.3, 0.4) is 0 Å². The van der Waals surface area contributed by atoms with Gasteiger partial charge in [0.05, 0.1) is 9.80 Å². The zero-order chi connectivity index (χ0) is 13.1. The monoisotopic (exact) mass is 267 g/mol. The lowest BCUT2D eigenvalue weighted by molar-refractivity contribution is -0.387. The lowest BCUT2D eigenvalue weighted by Gasteiger charge is -2.02. The van der Waals surface area contributed by atoms with Gasteiger partial charge in [-0.05, 0) is 18.2 Å². The third-order valence-electron chi connectivity index (χ3n) is 2.05. The van der Waals surface area contributed by atoms with Crippen LogP contribution in [0.25, 0.3) is 0 Å². The van der Waals surface area contributed by atoms with Crippen molar-refractivity contribution in [1.29, 1.82) is 0 Å². The molecule has 0 atom stereocenters. The average Bonchev–Trinajstić information content (AvgIpc) is 2.76. The first-order chi connectivity index (χ1) is 8.60. The lowest BCUT2D eigenvalue weighted by atomic mass is 10.3. The predicted octanol–water partition coefficient (Wildman–Crippen LogP) is 3.40. The summed E-state index contributed by atoms with van der Waals surface area (Å²) in [5.74, 6) is -0.831. The Labute approximate surface area is 105 Å². The minimum atomic E-state index is -0.968. The van der Waals surface area contributed by atoms with E-state index in [1.165, 1.54) is 6.07 Å². The van der Waals surface area contributed by atoms with Crippen molar-refractivity contribution >= 4 is 23.3 Å². The summed E-state index contributed by atoms with van der Waals surface area (Å²) in [6.07, 6.45) is 0.675. The molecule has 0 aliphatic rings. The van der Waals surface area contributed by atoms with Crippen molar-refractivity contribution in [2.45, 2.75) is 0 Å². The lowest BCUT2D eigenvalue weighted by Crippen LogP contribution is -1.92. The van der Waals surface area contributed by atoms with Gasteiger partial charge in [-0.2, -0.15) is 4.39 Å². The maximum Gasteiger partial charge on any atom is 0.305 e. The average molecular weight is 267 g/mol. The van der Waals surface area contributed by atoms with Crippen molar-refractivity contribution in [1.82, 2.24) is 0 Å². The van der Waals surface area contributed by atoms with E-state index in [9.17, 15) is 19.3 Å². The van der Waals surface area contributed by atoms with Gasteiger partial charge in [-0.15, -0.1) is 0 Å². The molecule has 0 saturated heterocycles. The molecule has 0 fully saturated rings. The van der Waals surface area contributed by atoms with Crippen molar-refractivity contribution in [3.63, 3.8) is 0 Å². The van der Waals surface area contributed by atoms with Crippen LogP contribution in [0.4, 0.5) is 10.1 Å². The van der Waals surface area contributed by atoms with Crippen LogP contribution in [0.5, 0.6) is 10.8 Å². The number of benzene rings is 1. The van der Waals surface area contributed by atoms with Crippen LogP contribution in [0, 0.1) is 15.9 Å². The van der Waals surface area contributed by atoms with Gasteiger partial charge in [-0.3, -0.25) is 14.9 Å². The summed E-state index contributed by atoms with van der Waals surface area (Å²) in [4.78, 5) is 20.6. The molecule has 0 bridgehead atoms. The van der Waals surface area contributed by atoms with Crippen molar-refractivity contribution in [2.24, 2.45) is 0 Å². The van der Waals surface area contributed by atoms with E-state index >= 15 is 0 Å². The van der Waals surface area contributed by atoms with E-state index in [1.54, 1.807) is 12.1 Å². The van der Waals surface area contributed by atoms with Gasteiger partial charge in [0, 0.05) is 12.1 Å². The summed E-state index contributed by atoms with van der Waals surface area (Å²) in [6.45, 7) is 0. The van der Waals surface area contributed by atoms with Crippen LogP contribution in [0.15, 0.2) is 30.3 Å². The number of ether oxygens (including phenoxy) is 1. The van der Waals surface area contributed by atoms with Gasteiger partial charge in [-0.25, -0.2) is 0 Å². The second kappa shape index (κ2) is 4.92. The standard InChI is InChI=1S/C11H6FNO4S/c12-9-5-7(1-3-10(9)13(15)16)17-11-4-2-8(6-14)18-11/h1-6H. The van der Waals surface area contributed by atoms with Crippen LogP contribution < -0.4 is 4.74 Å². The van der Waals surface area contributed by atoms with E-state index in [0.29, 0.717) is 16.2 Å². The van der Waals surface area contributed by atoms with Crippen LogP contribution in [0.2, 0.25) is 0 Å². The smallest absolute Gasteiger partial charge is 0.305 e. The Kier molecular flexibility index (Phi) is 3.33. The Balaban J connectivity index is 2.22. The molecule has 0 aliphatic carbocycles. The number of hydrogen-bond acceptors (Lipinski definition) is 5. The maximum atomic E-state index is 13.3. The van der Waals surface area contributed by atoms with E-state index in [0.717, 1.165) is 23.5 Å². The number of thiophene rings is 1. The van der Waals surface area contributed by atoms with E-state index in [4.69, 9.17) is 4.74 Å². The Morgan fingerprint density at radius 2 is 2.11 bits per heavy atom. The van der Waals surface area contributed by atoms with Gasteiger partial charge in [-0.1, -0.05) is 11.3 Å². The Morgan fingerprint density at radius 3 is 2.67 bits per heavy atom. The van der Waals surface area contributed by atoms with E-state index < -0.39 is 16.4 Å². The summed E-state index contributed by atoms with van der Waals surface area (Å²) >= 11 is 1.10. The Morgan fingerprint density at radius 1 is 1.33 bits per heavy atom. The molecule has 0 saturated carbocycles. The number of halogens is 1. The largest absolute Gasteiger partial charge is 0.447 e. The highest BCUT2D eigenvalue weighted by atomic mass is 32.1. The minimum absolute atomic E-state index is 0.136. The second-order valence-corrected chi connectivity index (χ2v) is 4.32. The van der Waals surface area contributed by atoms with E-state index in [-0.39, 0.29) is 5.75 Å². The summed E-state index contributed by atoms with van der Waals surface area (Å²) in [7, 11) is 0. The molecule has 5 nitrogen and oxygen atoms in total. The topological polar surface area (TPSA) is 69.4 Å². The third-order valence-corrected chi connectivity index (χ3v) is 2.94. The highest BCUT2D eigenvalue weighted by Gasteiger charge is 2.14. The fourth-order valence-corrected chi connectivity index (χ4v) is 1.96. The molecule has 0 spiro atoms. The summed E-state index contributed by atoms with van der Waals surface area (Å²) in [6, 6.07) is 6.38. The van der Waals surface area contributed by atoms with Crippen LogP contribution in [0.1, 0.15) is 9.67 Å². The van der Waals surface area contributed by atoms with Gasteiger partial charge in [0.1, 0.15) is 5.75 Å².